The average Bonchev–Trinajstić information content (AvgIpc) is 2.45. The van der Waals surface area contributed by atoms with Crippen LogP contribution in [0.25, 0.3) is 0 Å². The third kappa shape index (κ3) is 3.36. The number of aryl methyl sites for hydroxylation is 1. The molecule has 2 rings (SSSR count). The van der Waals surface area contributed by atoms with Gasteiger partial charge in [0.05, 0.1) is 13.2 Å². The molecule has 2 nitrogen and oxygen atoms in total. The monoisotopic (exact) mass is 255 g/mol. The van der Waals surface area contributed by atoms with Gasteiger partial charge in [-0.1, -0.05) is 48.9 Å². The van der Waals surface area contributed by atoms with Crippen LogP contribution in [0.3, 0.4) is 0 Å². The molecule has 0 saturated heterocycles. The van der Waals surface area contributed by atoms with Crippen LogP contribution in [0.4, 0.5) is 0 Å². The lowest BCUT2D eigenvalue weighted by molar-refractivity contribution is 0.414. The van der Waals surface area contributed by atoms with Gasteiger partial charge in [0.1, 0.15) is 5.75 Å². The maximum absolute atomic E-state index is 5.21. The summed E-state index contributed by atoms with van der Waals surface area (Å²) >= 11 is 0. The van der Waals surface area contributed by atoms with Crippen molar-refractivity contribution in [3.05, 3.63) is 65.2 Å². The summed E-state index contributed by atoms with van der Waals surface area (Å²) in [6, 6.07) is 17.1. The third-order valence-electron chi connectivity index (χ3n) is 3.23. The van der Waals surface area contributed by atoms with E-state index in [1.165, 1.54) is 16.7 Å². The van der Waals surface area contributed by atoms with E-state index >= 15 is 0 Å². The molecule has 0 spiro atoms. The maximum Gasteiger partial charge on any atom is 0.118 e. The van der Waals surface area contributed by atoms with Crippen molar-refractivity contribution < 1.29 is 4.74 Å². The first-order valence-electron chi connectivity index (χ1n) is 6.68. The van der Waals surface area contributed by atoms with Crippen LogP contribution in [0.1, 0.15) is 29.7 Å². The average molecular weight is 255 g/mol. The van der Waals surface area contributed by atoms with E-state index in [0.717, 1.165) is 12.3 Å². The molecule has 1 atom stereocenters. The number of rotatable bonds is 5. The van der Waals surface area contributed by atoms with Gasteiger partial charge in [0.15, 0.2) is 0 Å². The predicted octanol–water partition coefficient (Wildman–Crippen LogP) is 3.70. The molecule has 100 valence electrons. The second-order valence-electron chi connectivity index (χ2n) is 4.68. The van der Waals surface area contributed by atoms with Crippen LogP contribution < -0.4 is 10.1 Å². The minimum absolute atomic E-state index is 0.232. The molecule has 0 aliphatic carbocycles. The van der Waals surface area contributed by atoms with E-state index in [0.29, 0.717) is 0 Å². The van der Waals surface area contributed by atoms with Crippen molar-refractivity contribution in [1.82, 2.24) is 5.32 Å². The fourth-order valence-electron chi connectivity index (χ4n) is 2.28. The predicted molar refractivity (Wildman–Crippen MR) is 79.7 cm³/mol. The molecule has 0 aliphatic rings. The molecule has 2 aromatic carbocycles. The molecular formula is C17H21NO. The molecule has 0 radical (unpaired) electrons. The standard InChI is InChI=1S/C17H21NO/c1-4-18-17(15-7-5-6-13(2)12-15)14-8-10-16(19-3)11-9-14/h5-12,17-18H,4H2,1-3H3. The lowest BCUT2D eigenvalue weighted by atomic mass is 9.97. The summed E-state index contributed by atoms with van der Waals surface area (Å²) in [5.41, 5.74) is 3.84. The summed E-state index contributed by atoms with van der Waals surface area (Å²) in [5.74, 6) is 0.892. The highest BCUT2D eigenvalue weighted by Crippen LogP contribution is 2.24. The van der Waals surface area contributed by atoms with E-state index in [1.54, 1.807) is 7.11 Å². The molecule has 1 unspecified atom stereocenters. The highest BCUT2D eigenvalue weighted by molar-refractivity contribution is 5.36. The first kappa shape index (κ1) is 13.6. The molecule has 0 fully saturated rings. The topological polar surface area (TPSA) is 21.3 Å². The van der Waals surface area contributed by atoms with Crippen LogP contribution in [0.15, 0.2) is 48.5 Å². The number of nitrogens with one attached hydrogen (secondary N) is 1. The summed E-state index contributed by atoms with van der Waals surface area (Å²) in [6.07, 6.45) is 0. The molecular weight excluding hydrogens is 234 g/mol. The second kappa shape index (κ2) is 6.39. The molecule has 0 amide bonds. The normalized spacial score (nSPS) is 12.2. The molecule has 0 heterocycles. The SMILES string of the molecule is CCNC(c1ccc(OC)cc1)c1cccc(C)c1. The molecule has 0 aromatic heterocycles. The quantitative estimate of drug-likeness (QED) is 0.879. The van der Waals surface area contributed by atoms with Crippen molar-refractivity contribution in [2.24, 2.45) is 0 Å². The third-order valence-corrected chi connectivity index (χ3v) is 3.23. The van der Waals surface area contributed by atoms with Gasteiger partial charge in [-0.15, -0.1) is 0 Å². The van der Waals surface area contributed by atoms with Crippen molar-refractivity contribution in [1.29, 1.82) is 0 Å². The van der Waals surface area contributed by atoms with E-state index in [-0.39, 0.29) is 6.04 Å². The Morgan fingerprint density at radius 3 is 2.37 bits per heavy atom. The first-order valence-corrected chi connectivity index (χ1v) is 6.68. The molecule has 19 heavy (non-hydrogen) atoms. The molecule has 0 saturated carbocycles. The van der Waals surface area contributed by atoms with Crippen LogP contribution in [0.2, 0.25) is 0 Å². The number of ether oxygens (including phenoxy) is 1. The Morgan fingerprint density at radius 1 is 1.05 bits per heavy atom. The van der Waals surface area contributed by atoms with Gasteiger partial charge < -0.3 is 10.1 Å². The minimum atomic E-state index is 0.232. The molecule has 1 N–H and O–H groups in total. The van der Waals surface area contributed by atoms with Gasteiger partial charge in [0, 0.05) is 0 Å². The molecule has 2 heteroatoms. The van der Waals surface area contributed by atoms with Crippen molar-refractivity contribution in [2.75, 3.05) is 13.7 Å². The molecule has 0 bridgehead atoms. The number of hydrogen-bond acceptors (Lipinski definition) is 2. The summed E-state index contributed by atoms with van der Waals surface area (Å²) in [5, 5.41) is 3.54. The largest absolute Gasteiger partial charge is 0.497 e. The van der Waals surface area contributed by atoms with Gasteiger partial charge in [0.2, 0.25) is 0 Å². The Bertz CT molecular complexity index is 519. The van der Waals surface area contributed by atoms with Crippen molar-refractivity contribution in [2.45, 2.75) is 19.9 Å². The van der Waals surface area contributed by atoms with Gasteiger partial charge in [-0.05, 0) is 36.7 Å². The Hall–Kier alpha value is -1.80. The Labute approximate surface area is 115 Å². The smallest absolute Gasteiger partial charge is 0.118 e. The van der Waals surface area contributed by atoms with Gasteiger partial charge in [0.25, 0.3) is 0 Å². The lowest BCUT2D eigenvalue weighted by Gasteiger charge is -2.19. The van der Waals surface area contributed by atoms with Crippen molar-refractivity contribution in [3.8, 4) is 5.75 Å². The van der Waals surface area contributed by atoms with Gasteiger partial charge in [-0.2, -0.15) is 0 Å². The summed E-state index contributed by atoms with van der Waals surface area (Å²) in [6.45, 7) is 5.19. The number of methoxy groups -OCH3 is 1. The Kier molecular flexibility index (Phi) is 4.58. The fraction of sp³-hybridized carbons (Fsp3) is 0.294. The summed E-state index contributed by atoms with van der Waals surface area (Å²) in [4.78, 5) is 0. The zero-order valence-corrected chi connectivity index (χ0v) is 11.8. The van der Waals surface area contributed by atoms with E-state index in [1.807, 2.05) is 12.1 Å². The first-order chi connectivity index (χ1) is 9.24. The number of benzene rings is 2. The molecule has 2 aromatic rings. The Morgan fingerprint density at radius 2 is 1.79 bits per heavy atom. The summed E-state index contributed by atoms with van der Waals surface area (Å²) in [7, 11) is 1.69. The van der Waals surface area contributed by atoms with Crippen LogP contribution in [0, 0.1) is 6.92 Å². The molecule has 0 aliphatic heterocycles. The van der Waals surface area contributed by atoms with Crippen molar-refractivity contribution in [3.63, 3.8) is 0 Å². The zero-order chi connectivity index (χ0) is 13.7. The summed E-state index contributed by atoms with van der Waals surface area (Å²) < 4.78 is 5.21. The van der Waals surface area contributed by atoms with Crippen molar-refractivity contribution >= 4 is 0 Å². The van der Waals surface area contributed by atoms with Crippen LogP contribution >= 0.6 is 0 Å². The van der Waals surface area contributed by atoms with Gasteiger partial charge >= 0.3 is 0 Å². The van der Waals surface area contributed by atoms with E-state index in [4.69, 9.17) is 4.74 Å². The van der Waals surface area contributed by atoms with E-state index < -0.39 is 0 Å². The minimum Gasteiger partial charge on any atom is -0.497 e. The maximum atomic E-state index is 5.21. The van der Waals surface area contributed by atoms with Gasteiger partial charge in [-0.3, -0.25) is 0 Å². The highest BCUT2D eigenvalue weighted by Gasteiger charge is 2.12. The number of hydrogen-bond donors (Lipinski definition) is 1. The second-order valence-corrected chi connectivity index (χ2v) is 4.68. The lowest BCUT2D eigenvalue weighted by Crippen LogP contribution is -2.21. The fourth-order valence-corrected chi connectivity index (χ4v) is 2.28. The zero-order valence-electron chi connectivity index (χ0n) is 11.8. The van der Waals surface area contributed by atoms with Crippen LogP contribution in [-0.2, 0) is 0 Å². The van der Waals surface area contributed by atoms with E-state index in [2.05, 4.69) is 55.6 Å². The van der Waals surface area contributed by atoms with Crippen LogP contribution in [-0.4, -0.2) is 13.7 Å². The van der Waals surface area contributed by atoms with E-state index in [9.17, 15) is 0 Å². The van der Waals surface area contributed by atoms with Gasteiger partial charge in [-0.25, -0.2) is 0 Å². The van der Waals surface area contributed by atoms with Crippen LogP contribution in [0.5, 0.6) is 5.75 Å². The Balaban J connectivity index is 2.33. The highest BCUT2D eigenvalue weighted by atomic mass is 16.5.